The van der Waals surface area contributed by atoms with Crippen molar-refractivity contribution in [2.24, 2.45) is 11.7 Å². The Kier molecular flexibility index (Phi) is 12.4. The predicted molar refractivity (Wildman–Crippen MR) is 188 cm³/mol. The van der Waals surface area contributed by atoms with E-state index in [1.807, 2.05) is 24.3 Å². The van der Waals surface area contributed by atoms with Gasteiger partial charge >= 0.3 is 5.97 Å². The van der Waals surface area contributed by atoms with Crippen LogP contribution in [0, 0.1) is 5.92 Å². The maximum atomic E-state index is 15.4. The van der Waals surface area contributed by atoms with Gasteiger partial charge in [0.25, 0.3) is 5.56 Å². The van der Waals surface area contributed by atoms with Crippen LogP contribution >= 0.6 is 11.6 Å². The van der Waals surface area contributed by atoms with Crippen molar-refractivity contribution >= 4 is 51.4 Å². The minimum absolute atomic E-state index is 0.0145. The van der Waals surface area contributed by atoms with Crippen LogP contribution in [0.2, 0.25) is 5.02 Å². The van der Waals surface area contributed by atoms with Crippen LogP contribution in [0.15, 0.2) is 45.7 Å². The molecule has 2 unspecified atom stereocenters. The Morgan fingerprint density at radius 1 is 1.18 bits per heavy atom. The number of amides is 1. The Morgan fingerprint density at radius 3 is 2.49 bits per heavy atom. The number of aromatic amines is 1. The van der Waals surface area contributed by atoms with Gasteiger partial charge in [-0.1, -0.05) is 30.7 Å². The van der Waals surface area contributed by atoms with E-state index >= 15 is 4.39 Å². The van der Waals surface area contributed by atoms with E-state index in [1.165, 1.54) is 12.3 Å². The standard InChI is InChI=1S/C16H15N3O3.C15H21ClFN3O2.C4H10O/c20-13(21)9-12-17-14-10-5-1-2-6-11(10)22-15(14)16(18-12)19-7-3-4-8-19;1-10-9-20(13(21)3-2-5-18)6-4-15(10,17)12-7-11(16)8-19-14(12)22;1-4(2,3)5/h1-2,5-6H,3-4,7-9H2,(H,20,21);7-8,10H,2-6,9,18H2,1H3,(H,19,22);5H,1-3H3. The molecular weight excluding hydrogens is 655 g/mol. The molecule has 6 rings (SSSR count). The third-order valence-electron chi connectivity index (χ3n) is 8.25. The molecule has 0 radical (unpaired) electrons. The smallest absolute Gasteiger partial charge is 0.311 e. The Labute approximate surface area is 289 Å². The summed E-state index contributed by atoms with van der Waals surface area (Å²) in [5, 5.41) is 18.8. The second-order valence-corrected chi connectivity index (χ2v) is 13.9. The summed E-state index contributed by atoms with van der Waals surface area (Å²) >= 11 is 5.87. The number of nitrogens with one attached hydrogen (secondary N) is 1. The first-order valence-electron chi connectivity index (χ1n) is 16.5. The lowest BCUT2D eigenvalue weighted by Crippen LogP contribution is -2.50. The van der Waals surface area contributed by atoms with Crippen molar-refractivity contribution in [1.29, 1.82) is 0 Å². The number of para-hydroxylation sites is 1. The maximum absolute atomic E-state index is 15.4. The van der Waals surface area contributed by atoms with Gasteiger partial charge in [-0.25, -0.2) is 14.4 Å². The number of furan rings is 1. The van der Waals surface area contributed by atoms with Gasteiger partial charge in [0.15, 0.2) is 11.4 Å². The highest BCUT2D eigenvalue weighted by atomic mass is 35.5. The number of anilines is 1. The lowest BCUT2D eigenvalue weighted by atomic mass is 9.79. The number of carboxylic acids is 1. The highest BCUT2D eigenvalue weighted by molar-refractivity contribution is 6.30. The largest absolute Gasteiger partial charge is 0.481 e. The van der Waals surface area contributed by atoms with Crippen LogP contribution < -0.4 is 16.2 Å². The van der Waals surface area contributed by atoms with Gasteiger partial charge in [-0.3, -0.25) is 14.4 Å². The molecule has 0 saturated carbocycles. The van der Waals surface area contributed by atoms with E-state index in [0.29, 0.717) is 41.3 Å². The molecule has 1 amide bonds. The number of nitrogens with zero attached hydrogens (tertiary/aromatic N) is 4. The molecule has 4 aromatic rings. The molecule has 49 heavy (non-hydrogen) atoms. The first-order valence-corrected chi connectivity index (χ1v) is 16.9. The molecule has 2 atom stereocenters. The summed E-state index contributed by atoms with van der Waals surface area (Å²) in [4.78, 5) is 50.1. The molecule has 0 spiro atoms. The maximum Gasteiger partial charge on any atom is 0.311 e. The summed E-state index contributed by atoms with van der Waals surface area (Å²) in [6.07, 6.45) is 4.47. The van der Waals surface area contributed by atoms with E-state index in [4.69, 9.17) is 32.0 Å². The first kappa shape index (κ1) is 37.7. The fraction of sp³-hybridized carbons (Fsp3) is 0.514. The van der Waals surface area contributed by atoms with Crippen molar-refractivity contribution in [2.45, 2.75) is 77.5 Å². The third kappa shape index (κ3) is 9.77. The quantitative estimate of drug-likeness (QED) is 0.201. The number of carboxylic acid groups (broad SMARTS) is 1. The number of carbonyl (C=O) groups is 2. The number of aromatic nitrogens is 3. The number of rotatable bonds is 7. The Hall–Kier alpha value is -4.07. The Morgan fingerprint density at radius 2 is 1.86 bits per heavy atom. The van der Waals surface area contributed by atoms with E-state index in [9.17, 15) is 14.4 Å². The van der Waals surface area contributed by atoms with E-state index in [0.717, 1.165) is 42.7 Å². The van der Waals surface area contributed by atoms with Crippen molar-refractivity contribution in [3.8, 4) is 0 Å². The first-order chi connectivity index (χ1) is 23.1. The number of aliphatic carboxylic acids is 1. The minimum Gasteiger partial charge on any atom is -0.481 e. The average Bonchev–Trinajstić information content (AvgIpc) is 3.70. The zero-order valence-electron chi connectivity index (χ0n) is 28.5. The van der Waals surface area contributed by atoms with Crippen LogP contribution in [-0.4, -0.2) is 80.3 Å². The molecule has 14 heteroatoms. The van der Waals surface area contributed by atoms with Gasteiger partial charge in [0, 0.05) is 56.5 Å². The number of piperidine rings is 1. The molecule has 5 N–H and O–H groups in total. The summed E-state index contributed by atoms with van der Waals surface area (Å²) < 4.78 is 21.3. The van der Waals surface area contributed by atoms with E-state index in [-0.39, 0.29) is 37.4 Å². The molecule has 1 aromatic carbocycles. The second kappa shape index (κ2) is 16.1. The number of likely N-dealkylation sites (tertiary alicyclic amines) is 1. The van der Waals surface area contributed by atoms with Crippen LogP contribution in [-0.2, 0) is 21.7 Å². The number of H-pyrrole nitrogens is 1. The van der Waals surface area contributed by atoms with Gasteiger partial charge in [-0.2, -0.15) is 0 Å². The predicted octanol–water partition coefficient (Wildman–Crippen LogP) is 5.18. The van der Waals surface area contributed by atoms with Crippen LogP contribution in [0.3, 0.4) is 0 Å². The van der Waals surface area contributed by atoms with Crippen molar-refractivity contribution < 1.29 is 28.6 Å². The van der Waals surface area contributed by atoms with Crippen LogP contribution in [0.4, 0.5) is 10.2 Å². The monoisotopic (exact) mass is 700 g/mol. The van der Waals surface area contributed by atoms with Crippen molar-refractivity contribution in [2.75, 3.05) is 37.6 Å². The fourth-order valence-corrected chi connectivity index (χ4v) is 6.06. The van der Waals surface area contributed by atoms with Gasteiger partial charge in [-0.15, -0.1) is 0 Å². The zero-order chi connectivity index (χ0) is 35.9. The van der Waals surface area contributed by atoms with Crippen LogP contribution in [0.5, 0.6) is 0 Å². The van der Waals surface area contributed by atoms with E-state index in [2.05, 4.69) is 19.9 Å². The highest BCUT2D eigenvalue weighted by Gasteiger charge is 2.45. The lowest BCUT2D eigenvalue weighted by molar-refractivity contribution is -0.137. The van der Waals surface area contributed by atoms with Gasteiger partial charge in [0.1, 0.15) is 29.0 Å². The van der Waals surface area contributed by atoms with Crippen LogP contribution in [0.1, 0.15) is 71.2 Å². The number of halogens is 2. The van der Waals surface area contributed by atoms with E-state index in [1.54, 1.807) is 32.6 Å². The molecule has 0 aliphatic carbocycles. The average molecular weight is 701 g/mol. The molecule has 2 aliphatic heterocycles. The number of carbonyl (C=O) groups excluding carboxylic acids is 1. The van der Waals surface area contributed by atoms with Gasteiger partial charge in [-0.05, 0) is 64.8 Å². The fourth-order valence-electron chi connectivity index (χ4n) is 5.89. The summed E-state index contributed by atoms with van der Waals surface area (Å²) in [7, 11) is 0. The molecule has 5 heterocycles. The molecule has 2 aliphatic rings. The normalized spacial score (nSPS) is 19.3. The summed E-state index contributed by atoms with van der Waals surface area (Å²) in [5.74, 6) is -0.384. The lowest BCUT2D eigenvalue weighted by Gasteiger charge is -2.41. The van der Waals surface area contributed by atoms with Gasteiger partial charge < -0.3 is 35.1 Å². The number of nitrogens with two attached hydrogens (primary N) is 1. The number of aliphatic hydroxyl groups is 1. The summed E-state index contributed by atoms with van der Waals surface area (Å²) in [6, 6.07) is 9.04. The zero-order valence-corrected chi connectivity index (χ0v) is 29.2. The molecular formula is C35H46ClFN6O6. The number of benzene rings is 1. The molecule has 266 valence electrons. The van der Waals surface area contributed by atoms with E-state index < -0.39 is 28.7 Å². The topological polar surface area (TPSA) is 179 Å². The minimum atomic E-state index is -1.77. The molecule has 2 saturated heterocycles. The Balaban J connectivity index is 0.000000194. The molecule has 12 nitrogen and oxygen atoms in total. The summed E-state index contributed by atoms with van der Waals surface area (Å²) in [5.41, 5.74) is 4.80. The highest BCUT2D eigenvalue weighted by Crippen LogP contribution is 2.40. The number of fused-ring (bicyclic) bond motifs is 3. The number of alkyl halides is 1. The van der Waals surface area contributed by atoms with Crippen molar-refractivity contribution in [1.82, 2.24) is 19.9 Å². The Bertz CT molecular complexity index is 1810. The molecule has 3 aromatic heterocycles. The summed E-state index contributed by atoms with van der Waals surface area (Å²) in [6.45, 7) is 9.79. The number of hydrogen-bond acceptors (Lipinski definition) is 9. The molecule has 2 fully saturated rings. The SMILES string of the molecule is CC(C)(C)O.CC1CN(C(=O)CCCN)CCC1(F)c1cc(Cl)c[nH]c1=O.O=C(O)Cc1nc(N2CCCC2)c2oc3ccccc3c2n1. The number of pyridine rings is 1. The second-order valence-electron chi connectivity index (χ2n) is 13.5. The van der Waals surface area contributed by atoms with Crippen molar-refractivity contribution in [3.63, 3.8) is 0 Å². The number of hydrogen-bond donors (Lipinski definition) is 4. The van der Waals surface area contributed by atoms with Gasteiger partial charge in [0.2, 0.25) is 5.91 Å². The third-order valence-corrected chi connectivity index (χ3v) is 8.47. The van der Waals surface area contributed by atoms with Crippen molar-refractivity contribution in [3.05, 3.63) is 63.3 Å². The van der Waals surface area contributed by atoms with Gasteiger partial charge in [0.05, 0.1) is 16.2 Å². The van der Waals surface area contributed by atoms with Crippen LogP contribution in [0.25, 0.3) is 22.1 Å². The molecule has 0 bridgehead atoms.